The largest absolute Gasteiger partial charge is 0.338 e. The Kier molecular flexibility index (Phi) is 3.09. The molecule has 2 aliphatic heterocycles. The molecule has 0 aromatic carbocycles. The van der Waals surface area contributed by atoms with Gasteiger partial charge in [0.1, 0.15) is 5.69 Å². The molecule has 1 atom stereocenters. The lowest BCUT2D eigenvalue weighted by Gasteiger charge is -2.64. The molecule has 1 aromatic rings. The Morgan fingerprint density at radius 2 is 2.00 bits per heavy atom. The van der Waals surface area contributed by atoms with Gasteiger partial charge in [-0.2, -0.15) is 5.10 Å². The van der Waals surface area contributed by atoms with Crippen LogP contribution < -0.4 is 0 Å². The van der Waals surface area contributed by atoms with Crippen molar-refractivity contribution in [2.45, 2.75) is 45.6 Å². The summed E-state index contributed by atoms with van der Waals surface area (Å²) >= 11 is 0. The van der Waals surface area contributed by atoms with Gasteiger partial charge < -0.3 is 9.80 Å². The molecule has 6 nitrogen and oxygen atoms in total. The average molecular weight is 316 g/mol. The van der Waals surface area contributed by atoms with E-state index in [0.717, 1.165) is 38.2 Å². The molecule has 1 spiro atoms. The zero-order valence-electron chi connectivity index (χ0n) is 14.0. The molecule has 1 aromatic heterocycles. The highest BCUT2D eigenvalue weighted by Crippen LogP contribution is 2.47. The van der Waals surface area contributed by atoms with Crippen molar-refractivity contribution in [2.75, 3.05) is 19.6 Å². The van der Waals surface area contributed by atoms with Crippen molar-refractivity contribution in [3.05, 3.63) is 17.5 Å². The third kappa shape index (κ3) is 2.18. The van der Waals surface area contributed by atoms with Crippen LogP contribution in [0.1, 0.15) is 55.7 Å². The summed E-state index contributed by atoms with van der Waals surface area (Å²) in [5, 5.41) is 7.08. The summed E-state index contributed by atoms with van der Waals surface area (Å²) < 4.78 is 0. The Labute approximate surface area is 136 Å². The fourth-order valence-electron chi connectivity index (χ4n) is 3.79. The van der Waals surface area contributed by atoms with Crippen molar-refractivity contribution in [2.24, 2.45) is 11.3 Å². The first kappa shape index (κ1) is 14.7. The third-order valence-electron chi connectivity index (χ3n) is 5.79. The van der Waals surface area contributed by atoms with Crippen LogP contribution in [0.25, 0.3) is 0 Å². The fourth-order valence-corrected chi connectivity index (χ4v) is 3.79. The lowest BCUT2D eigenvalue weighted by Crippen LogP contribution is -2.78. The van der Waals surface area contributed by atoms with E-state index in [4.69, 9.17) is 0 Å². The molecule has 23 heavy (non-hydrogen) atoms. The van der Waals surface area contributed by atoms with Crippen molar-refractivity contribution in [3.8, 4) is 0 Å². The molecule has 1 saturated carbocycles. The first-order valence-corrected chi connectivity index (χ1v) is 8.56. The van der Waals surface area contributed by atoms with E-state index in [1.807, 2.05) is 15.9 Å². The maximum Gasteiger partial charge on any atom is 0.274 e. The van der Waals surface area contributed by atoms with Crippen LogP contribution in [0.15, 0.2) is 6.07 Å². The number of nitrogens with zero attached hydrogens (tertiary/aromatic N) is 3. The molecule has 1 N–H and O–H groups in total. The van der Waals surface area contributed by atoms with Crippen LogP contribution in [0.4, 0.5) is 0 Å². The number of amides is 2. The van der Waals surface area contributed by atoms with E-state index in [2.05, 4.69) is 31.0 Å². The number of carbonyl (C=O) groups is 2. The molecule has 3 fully saturated rings. The molecule has 124 valence electrons. The first-order chi connectivity index (χ1) is 10.9. The summed E-state index contributed by atoms with van der Waals surface area (Å²) in [7, 11) is 0. The van der Waals surface area contributed by atoms with E-state index in [1.54, 1.807) is 0 Å². The van der Waals surface area contributed by atoms with Crippen LogP contribution in [0, 0.1) is 11.3 Å². The van der Waals surface area contributed by atoms with Gasteiger partial charge in [-0.1, -0.05) is 13.8 Å². The fraction of sp³-hybridized carbons (Fsp3) is 0.706. The maximum absolute atomic E-state index is 12.5. The Morgan fingerprint density at radius 1 is 1.30 bits per heavy atom. The summed E-state index contributed by atoms with van der Waals surface area (Å²) in [5.41, 5.74) is 1.61. The van der Waals surface area contributed by atoms with E-state index in [9.17, 15) is 9.59 Å². The minimum Gasteiger partial charge on any atom is -0.338 e. The van der Waals surface area contributed by atoms with Crippen molar-refractivity contribution in [1.29, 1.82) is 0 Å². The first-order valence-electron chi connectivity index (χ1n) is 8.56. The van der Waals surface area contributed by atoms with Gasteiger partial charge in [0.15, 0.2) is 0 Å². The molecular weight excluding hydrogens is 292 g/mol. The van der Waals surface area contributed by atoms with Crippen molar-refractivity contribution >= 4 is 11.8 Å². The van der Waals surface area contributed by atoms with Crippen molar-refractivity contribution in [3.63, 3.8) is 0 Å². The Balaban J connectivity index is 1.36. The van der Waals surface area contributed by atoms with Crippen molar-refractivity contribution < 1.29 is 9.59 Å². The highest BCUT2D eigenvalue weighted by Gasteiger charge is 2.60. The van der Waals surface area contributed by atoms with Crippen LogP contribution in [0.2, 0.25) is 0 Å². The molecular formula is C17H24N4O2. The number of carbonyl (C=O) groups excluding carboxylic acids is 2. The highest BCUT2D eigenvalue weighted by molar-refractivity contribution is 5.93. The normalized spacial score (nSPS) is 25.5. The van der Waals surface area contributed by atoms with Crippen LogP contribution in [0.3, 0.4) is 0 Å². The quantitative estimate of drug-likeness (QED) is 0.921. The molecule has 1 unspecified atom stereocenters. The molecule has 0 bridgehead atoms. The van der Waals surface area contributed by atoms with Crippen LogP contribution in [0.5, 0.6) is 0 Å². The molecule has 6 heteroatoms. The second-order valence-electron chi connectivity index (χ2n) is 7.80. The molecule has 3 heterocycles. The predicted octanol–water partition coefficient (Wildman–Crippen LogP) is 1.62. The van der Waals surface area contributed by atoms with E-state index in [-0.39, 0.29) is 23.3 Å². The van der Waals surface area contributed by atoms with Gasteiger partial charge in [0.2, 0.25) is 5.91 Å². The standard InChI is InChI=1S/C17H24N4O2/c1-10(2)13-6-14(19-18-13)16(23)20-7-17(8-20)9-21(11(17)3)15(22)12-4-5-12/h6,10-12H,4-5,7-9H2,1-3H3,(H,18,19). The summed E-state index contributed by atoms with van der Waals surface area (Å²) in [6.45, 7) is 8.56. The van der Waals surface area contributed by atoms with Gasteiger partial charge in [0.05, 0.1) is 0 Å². The van der Waals surface area contributed by atoms with Gasteiger partial charge in [0, 0.05) is 42.7 Å². The maximum atomic E-state index is 12.5. The van der Waals surface area contributed by atoms with E-state index in [1.165, 1.54) is 0 Å². The minimum atomic E-state index is -0.00190. The molecule has 0 radical (unpaired) electrons. The van der Waals surface area contributed by atoms with E-state index < -0.39 is 0 Å². The van der Waals surface area contributed by atoms with Crippen LogP contribution in [-0.4, -0.2) is 57.5 Å². The monoisotopic (exact) mass is 316 g/mol. The molecule has 2 saturated heterocycles. The Morgan fingerprint density at radius 3 is 2.52 bits per heavy atom. The number of rotatable bonds is 3. The molecule has 4 rings (SSSR count). The zero-order chi connectivity index (χ0) is 16.4. The van der Waals surface area contributed by atoms with Gasteiger partial charge in [0.25, 0.3) is 5.91 Å². The predicted molar refractivity (Wildman–Crippen MR) is 84.9 cm³/mol. The zero-order valence-corrected chi connectivity index (χ0v) is 14.0. The van der Waals surface area contributed by atoms with Gasteiger partial charge >= 0.3 is 0 Å². The Hall–Kier alpha value is -1.85. The Bertz CT molecular complexity index is 655. The lowest BCUT2D eigenvalue weighted by atomic mass is 9.66. The number of likely N-dealkylation sites (tertiary alicyclic amines) is 2. The van der Waals surface area contributed by atoms with E-state index >= 15 is 0 Å². The van der Waals surface area contributed by atoms with Gasteiger partial charge in [-0.15, -0.1) is 0 Å². The van der Waals surface area contributed by atoms with Gasteiger partial charge in [-0.05, 0) is 31.7 Å². The number of nitrogens with one attached hydrogen (secondary N) is 1. The molecule has 1 aliphatic carbocycles. The summed E-state index contributed by atoms with van der Waals surface area (Å²) in [6, 6.07) is 2.11. The summed E-state index contributed by atoms with van der Waals surface area (Å²) in [4.78, 5) is 28.5. The van der Waals surface area contributed by atoms with Gasteiger partial charge in [-0.3, -0.25) is 14.7 Å². The van der Waals surface area contributed by atoms with Gasteiger partial charge in [-0.25, -0.2) is 0 Å². The molecule has 2 amide bonds. The smallest absolute Gasteiger partial charge is 0.274 e. The second kappa shape index (κ2) is 4.82. The molecule has 3 aliphatic rings. The number of H-pyrrole nitrogens is 1. The SMILES string of the molecule is CC(C)c1cc(C(=O)N2CC3(C2)CN(C(=O)C2CC2)C3C)n[nH]1. The number of hydrogen-bond acceptors (Lipinski definition) is 3. The number of aromatic amines is 1. The van der Waals surface area contributed by atoms with Crippen molar-refractivity contribution in [1.82, 2.24) is 20.0 Å². The van der Waals surface area contributed by atoms with Crippen LogP contribution in [-0.2, 0) is 4.79 Å². The lowest BCUT2D eigenvalue weighted by molar-refractivity contribution is -0.173. The average Bonchev–Trinajstić information content (AvgIpc) is 3.20. The topological polar surface area (TPSA) is 69.3 Å². The van der Waals surface area contributed by atoms with E-state index in [0.29, 0.717) is 17.5 Å². The van der Waals surface area contributed by atoms with Crippen LogP contribution >= 0.6 is 0 Å². The minimum absolute atomic E-state index is 0.00190. The summed E-state index contributed by atoms with van der Waals surface area (Å²) in [5.74, 6) is 0.936. The second-order valence-corrected chi connectivity index (χ2v) is 7.80. The number of hydrogen-bond donors (Lipinski definition) is 1. The summed E-state index contributed by atoms with van der Waals surface area (Å²) in [6.07, 6.45) is 2.11. The highest BCUT2D eigenvalue weighted by atomic mass is 16.2. The third-order valence-corrected chi connectivity index (χ3v) is 5.79. The number of aromatic nitrogens is 2.